The molecule has 0 N–H and O–H groups in total. The highest BCUT2D eigenvalue weighted by molar-refractivity contribution is 6.24. The molecule has 0 bridgehead atoms. The summed E-state index contributed by atoms with van der Waals surface area (Å²) in [5, 5.41) is -2.08. The Balaban J connectivity index is 2.60. The third-order valence-electron chi connectivity index (χ3n) is 2.03. The molecule has 0 heterocycles. The predicted molar refractivity (Wildman–Crippen MR) is 65.6 cm³/mol. The van der Waals surface area contributed by atoms with Gasteiger partial charge in [0.2, 0.25) is 5.13 Å². The lowest BCUT2D eigenvalue weighted by Crippen LogP contribution is -2.15. The molecule has 0 aliphatic carbocycles. The van der Waals surface area contributed by atoms with E-state index in [2.05, 4.69) is 4.74 Å². The number of rotatable bonds is 5. The highest BCUT2D eigenvalue weighted by atomic mass is 35.5. The third kappa shape index (κ3) is 5.50. The fourth-order valence-corrected chi connectivity index (χ4v) is 1.52. The van der Waals surface area contributed by atoms with Gasteiger partial charge in [0.05, 0.1) is 6.61 Å². The molecule has 1 atom stereocenters. The topological polar surface area (TPSA) is 26.3 Å². The van der Waals surface area contributed by atoms with Gasteiger partial charge in [-0.2, -0.15) is 0 Å². The summed E-state index contributed by atoms with van der Waals surface area (Å²) in [4.78, 5) is 11.0. The number of halogens is 2. The van der Waals surface area contributed by atoms with Crippen LogP contribution in [-0.2, 0) is 16.0 Å². The maximum atomic E-state index is 13.8. The zero-order valence-corrected chi connectivity index (χ0v) is 10.3. The molecule has 0 unspecified atom stereocenters. The van der Waals surface area contributed by atoms with Gasteiger partial charge in [-0.15, -0.1) is 0 Å². The van der Waals surface area contributed by atoms with Crippen molar-refractivity contribution in [1.82, 2.24) is 0 Å². The molecule has 17 heavy (non-hydrogen) atoms. The van der Waals surface area contributed by atoms with Crippen LogP contribution in [0.4, 0.5) is 4.39 Å². The van der Waals surface area contributed by atoms with E-state index in [9.17, 15) is 9.18 Å². The van der Waals surface area contributed by atoms with E-state index in [1.54, 1.807) is 31.2 Å². The van der Waals surface area contributed by atoms with Gasteiger partial charge in [-0.3, -0.25) is 0 Å². The normalized spacial score (nSPS) is 14.5. The minimum absolute atomic E-state index is 0.00526. The Morgan fingerprint density at radius 3 is 2.71 bits per heavy atom. The van der Waals surface area contributed by atoms with Gasteiger partial charge in [0.25, 0.3) is 0 Å². The minimum atomic E-state index is -2.08. The van der Waals surface area contributed by atoms with E-state index in [1.165, 1.54) is 0 Å². The van der Waals surface area contributed by atoms with Crippen molar-refractivity contribution >= 4 is 17.6 Å². The SMILES string of the molecule is CCOC(=O)/C=C/[C@@](F)(Cl)Cc1ccccc1. The fraction of sp³-hybridized carbons (Fsp3) is 0.308. The molecule has 0 aliphatic heterocycles. The lowest BCUT2D eigenvalue weighted by Gasteiger charge is -2.12. The van der Waals surface area contributed by atoms with Crippen LogP contribution >= 0.6 is 11.6 Å². The summed E-state index contributed by atoms with van der Waals surface area (Å²) in [5.74, 6) is -0.594. The Labute approximate surface area is 105 Å². The van der Waals surface area contributed by atoms with Gasteiger partial charge in [0.1, 0.15) is 0 Å². The van der Waals surface area contributed by atoms with Crippen LogP contribution in [0.25, 0.3) is 0 Å². The summed E-state index contributed by atoms with van der Waals surface area (Å²) >= 11 is 5.65. The molecular weight excluding hydrogens is 243 g/mol. The van der Waals surface area contributed by atoms with Gasteiger partial charge in [0, 0.05) is 12.5 Å². The van der Waals surface area contributed by atoms with Gasteiger partial charge in [0.15, 0.2) is 0 Å². The first kappa shape index (κ1) is 13.7. The van der Waals surface area contributed by atoms with Crippen molar-refractivity contribution in [3.05, 3.63) is 48.0 Å². The van der Waals surface area contributed by atoms with Crippen LogP contribution in [0.3, 0.4) is 0 Å². The van der Waals surface area contributed by atoms with Gasteiger partial charge >= 0.3 is 5.97 Å². The van der Waals surface area contributed by atoms with Crippen LogP contribution in [0.2, 0.25) is 0 Å². The Morgan fingerprint density at radius 2 is 2.12 bits per heavy atom. The van der Waals surface area contributed by atoms with E-state index in [-0.39, 0.29) is 13.0 Å². The largest absolute Gasteiger partial charge is 0.463 e. The number of hydrogen-bond donors (Lipinski definition) is 0. The fourth-order valence-electron chi connectivity index (χ4n) is 1.31. The molecule has 0 spiro atoms. The predicted octanol–water partition coefficient (Wildman–Crippen LogP) is 3.25. The Hall–Kier alpha value is -1.35. The minimum Gasteiger partial charge on any atom is -0.463 e. The molecule has 0 fully saturated rings. The summed E-state index contributed by atoms with van der Waals surface area (Å²) in [6, 6.07) is 8.99. The molecule has 92 valence electrons. The lowest BCUT2D eigenvalue weighted by molar-refractivity contribution is -0.137. The van der Waals surface area contributed by atoms with E-state index in [0.29, 0.717) is 0 Å². The molecule has 0 amide bonds. The van der Waals surface area contributed by atoms with E-state index >= 15 is 0 Å². The smallest absolute Gasteiger partial charge is 0.330 e. The summed E-state index contributed by atoms with van der Waals surface area (Å²) < 4.78 is 18.5. The standard InChI is InChI=1S/C13H14ClFO2/c1-2-17-12(16)8-9-13(14,15)10-11-6-4-3-5-7-11/h3-9H,2,10H2,1H3/b9-8+/t13-/m0/s1. The molecule has 1 aromatic rings. The van der Waals surface area contributed by atoms with Crippen molar-refractivity contribution in [2.24, 2.45) is 0 Å². The third-order valence-corrected chi connectivity index (χ3v) is 2.29. The number of esters is 1. The summed E-state index contributed by atoms with van der Waals surface area (Å²) in [6.07, 6.45) is 2.03. The first-order valence-corrected chi connectivity index (χ1v) is 5.69. The average Bonchev–Trinajstić information content (AvgIpc) is 2.28. The molecule has 4 heteroatoms. The van der Waals surface area contributed by atoms with Gasteiger partial charge in [-0.1, -0.05) is 41.9 Å². The Morgan fingerprint density at radius 1 is 1.47 bits per heavy atom. The maximum Gasteiger partial charge on any atom is 0.330 e. The zero-order valence-electron chi connectivity index (χ0n) is 9.53. The average molecular weight is 257 g/mol. The second-order valence-electron chi connectivity index (χ2n) is 3.51. The second kappa shape index (κ2) is 6.40. The van der Waals surface area contributed by atoms with Crippen molar-refractivity contribution < 1.29 is 13.9 Å². The van der Waals surface area contributed by atoms with Gasteiger partial charge in [-0.05, 0) is 18.6 Å². The summed E-state index contributed by atoms with van der Waals surface area (Å²) in [5.41, 5.74) is 0.763. The molecule has 0 aromatic heterocycles. The molecule has 1 aromatic carbocycles. The van der Waals surface area contributed by atoms with Crippen molar-refractivity contribution in [3.63, 3.8) is 0 Å². The molecule has 0 aliphatic rings. The van der Waals surface area contributed by atoms with E-state index in [0.717, 1.165) is 17.7 Å². The number of hydrogen-bond acceptors (Lipinski definition) is 2. The molecule has 2 nitrogen and oxygen atoms in total. The Kier molecular flexibility index (Phi) is 5.16. The quantitative estimate of drug-likeness (QED) is 0.459. The van der Waals surface area contributed by atoms with E-state index < -0.39 is 11.1 Å². The first-order valence-electron chi connectivity index (χ1n) is 5.31. The number of benzene rings is 1. The Bertz CT molecular complexity index is 388. The van der Waals surface area contributed by atoms with Crippen molar-refractivity contribution in [3.8, 4) is 0 Å². The van der Waals surface area contributed by atoms with E-state index in [4.69, 9.17) is 11.6 Å². The number of alkyl halides is 2. The molecular formula is C13H14ClFO2. The molecule has 1 rings (SSSR count). The number of ether oxygens (including phenoxy) is 1. The summed E-state index contributed by atoms with van der Waals surface area (Å²) in [6.45, 7) is 1.93. The number of carbonyl (C=O) groups is 1. The van der Waals surface area contributed by atoms with Crippen LogP contribution in [0.15, 0.2) is 42.5 Å². The first-order chi connectivity index (χ1) is 8.03. The van der Waals surface area contributed by atoms with Crippen LogP contribution in [0, 0.1) is 0 Å². The van der Waals surface area contributed by atoms with Crippen LogP contribution in [0.1, 0.15) is 12.5 Å². The summed E-state index contributed by atoms with van der Waals surface area (Å²) in [7, 11) is 0. The number of carbonyl (C=O) groups excluding carboxylic acids is 1. The zero-order chi connectivity index (χ0) is 12.7. The highest BCUT2D eigenvalue weighted by Gasteiger charge is 2.23. The molecule has 0 saturated heterocycles. The van der Waals surface area contributed by atoms with Crippen molar-refractivity contribution in [1.29, 1.82) is 0 Å². The monoisotopic (exact) mass is 256 g/mol. The molecule has 0 radical (unpaired) electrons. The molecule has 0 saturated carbocycles. The van der Waals surface area contributed by atoms with Gasteiger partial charge in [-0.25, -0.2) is 9.18 Å². The number of allylic oxidation sites excluding steroid dienone is 1. The van der Waals surface area contributed by atoms with Gasteiger partial charge < -0.3 is 4.74 Å². The van der Waals surface area contributed by atoms with Crippen LogP contribution in [0.5, 0.6) is 0 Å². The van der Waals surface area contributed by atoms with Crippen molar-refractivity contribution in [2.75, 3.05) is 6.61 Å². The van der Waals surface area contributed by atoms with Crippen LogP contribution < -0.4 is 0 Å². The van der Waals surface area contributed by atoms with E-state index in [1.807, 2.05) is 6.07 Å². The van der Waals surface area contributed by atoms with Crippen LogP contribution in [-0.4, -0.2) is 17.7 Å². The highest BCUT2D eigenvalue weighted by Crippen LogP contribution is 2.24. The second-order valence-corrected chi connectivity index (χ2v) is 4.14. The van der Waals surface area contributed by atoms with Crippen molar-refractivity contribution in [2.45, 2.75) is 18.5 Å². The maximum absolute atomic E-state index is 13.8. The lowest BCUT2D eigenvalue weighted by atomic mass is 10.1.